The second-order valence-corrected chi connectivity index (χ2v) is 11.4. The molecule has 0 bridgehead atoms. The Bertz CT molecular complexity index is 1150. The molecule has 1 heterocycles. The molecule has 0 aliphatic carbocycles. The van der Waals surface area contributed by atoms with E-state index in [-0.39, 0.29) is 130 Å². The number of halogens is 3. The number of carbonyl (C=O) groups excluding carboxylic acids is 1. The van der Waals surface area contributed by atoms with Crippen LogP contribution in [0.4, 0.5) is 14.5 Å². The van der Waals surface area contributed by atoms with Crippen molar-refractivity contribution in [1.82, 2.24) is 4.72 Å². The number of nitrogens with one attached hydrogen (secondary N) is 1. The summed E-state index contributed by atoms with van der Waals surface area (Å²) in [6.07, 6.45) is 1.96. The maximum atomic E-state index is 12.9. The predicted molar refractivity (Wildman–Crippen MR) is 134 cm³/mol. The molecule has 1 saturated heterocycles. The van der Waals surface area contributed by atoms with E-state index in [0.29, 0.717) is 43.1 Å². The minimum atomic E-state index is -3.48. The number of rotatable bonds is 8. The van der Waals surface area contributed by atoms with Crippen molar-refractivity contribution in [2.24, 2.45) is 0 Å². The molecule has 1 N–H and O–H groups in total. The Morgan fingerprint density at radius 1 is 1.11 bits per heavy atom. The zero-order chi connectivity index (χ0) is 26.3. The number of benzene rings is 2. The molecule has 0 aromatic heterocycles. The van der Waals surface area contributed by atoms with Gasteiger partial charge in [-0.15, -0.1) is 11.6 Å². The van der Waals surface area contributed by atoms with Gasteiger partial charge in [0.2, 0.25) is 0 Å². The van der Waals surface area contributed by atoms with Crippen LogP contribution in [0.3, 0.4) is 0 Å². The van der Waals surface area contributed by atoms with E-state index in [9.17, 15) is 25.6 Å². The maximum absolute atomic E-state index is 12.9. The third-order valence-electron chi connectivity index (χ3n) is 4.36. The molecule has 0 atom stereocenters. The van der Waals surface area contributed by atoms with E-state index in [1.165, 1.54) is 40.7 Å². The summed E-state index contributed by atoms with van der Waals surface area (Å²) in [6, 6.07) is 11.2. The molecular formula is C22H31ClF2K2N2O7S2. The van der Waals surface area contributed by atoms with Crippen LogP contribution in [0.5, 0.6) is 0 Å². The number of nitrogens with zero attached hydrogens (tertiary/aromatic N) is 1. The van der Waals surface area contributed by atoms with Gasteiger partial charge in [0.15, 0.2) is 9.84 Å². The van der Waals surface area contributed by atoms with Gasteiger partial charge >= 0.3 is 113 Å². The smallest absolute Gasteiger partial charge is 1.00 e. The van der Waals surface area contributed by atoms with E-state index < -0.39 is 31.7 Å². The van der Waals surface area contributed by atoms with Crippen LogP contribution in [-0.4, -0.2) is 48.0 Å². The first kappa shape index (κ1) is 43.4. The summed E-state index contributed by atoms with van der Waals surface area (Å²) >= 11 is 5.47. The van der Waals surface area contributed by atoms with Crippen LogP contribution in [-0.2, 0) is 35.5 Å². The van der Waals surface area contributed by atoms with Crippen molar-refractivity contribution >= 4 is 43.8 Å². The van der Waals surface area contributed by atoms with Gasteiger partial charge in [0.25, 0.3) is 6.47 Å². The summed E-state index contributed by atoms with van der Waals surface area (Å²) in [5, 5.41) is 8.43. The van der Waals surface area contributed by atoms with E-state index in [1.54, 1.807) is 12.1 Å². The van der Waals surface area contributed by atoms with Crippen molar-refractivity contribution in [3.8, 4) is 0 Å². The summed E-state index contributed by atoms with van der Waals surface area (Å²) in [4.78, 5) is 11.2. The fourth-order valence-electron chi connectivity index (χ4n) is 2.89. The molecule has 3 rings (SSSR count). The summed E-state index contributed by atoms with van der Waals surface area (Å²) < 4.78 is 75.8. The molecule has 0 amide bonds. The number of hydrogen-bond acceptors (Lipinski definition) is 7. The van der Waals surface area contributed by atoms with Crippen molar-refractivity contribution in [3.63, 3.8) is 0 Å². The van der Waals surface area contributed by atoms with Crippen LogP contribution in [0.25, 0.3) is 0 Å². The largest absolute Gasteiger partial charge is 1.00 e. The first-order valence-corrected chi connectivity index (χ1v) is 14.1. The fraction of sp³-hybridized carbons (Fsp3) is 0.409. The van der Waals surface area contributed by atoms with Gasteiger partial charge in [-0.25, -0.2) is 17.2 Å². The average molecular weight is 651 g/mol. The van der Waals surface area contributed by atoms with E-state index in [0.717, 1.165) is 6.42 Å². The Morgan fingerprint density at radius 3 is 2.18 bits per heavy atom. The van der Waals surface area contributed by atoms with Crippen molar-refractivity contribution in [2.45, 2.75) is 32.4 Å². The van der Waals surface area contributed by atoms with Gasteiger partial charge in [-0.1, -0.05) is 25.6 Å². The normalized spacial score (nSPS) is 13.4. The molecule has 0 saturated carbocycles. The first-order chi connectivity index (χ1) is 16.5. The Kier molecular flexibility index (Phi) is 26.9. The zero-order valence-electron chi connectivity index (χ0n) is 21.6. The standard InChI is InChI=1S/C11H14ClFO2S.C9H11FN2O2S.CH2O3.CH4.2K.H/c12-6-1-2-7-16(14,15)9-10-4-3-5-11(13)8-10;10-8-3-1-4-9(7-8)12-6-2-5-11-15(12,13)14;2-1-4-3;;;;/h3-5,8H,1-2,6-7,9H2;1,3-4,7,11H,2,5-6H2;1,3H;1H4;;;/q;;;;2*+1;-1/p-1. The molecule has 2 aromatic rings. The van der Waals surface area contributed by atoms with Crippen molar-refractivity contribution in [3.05, 3.63) is 65.7 Å². The van der Waals surface area contributed by atoms with Gasteiger partial charge in [-0.2, -0.15) is 13.1 Å². The molecule has 206 valence electrons. The SMILES string of the molecule is C.O=CO[O-].O=S(=O)(CCCCCl)Cc1cccc(F)c1.O=S1(=O)NCCCN1c1cccc(F)c1.[H-].[K+].[K+]. The molecule has 1 aliphatic rings. The van der Waals surface area contributed by atoms with E-state index >= 15 is 0 Å². The van der Waals surface area contributed by atoms with Crippen molar-refractivity contribution < 1.29 is 145 Å². The van der Waals surface area contributed by atoms with Gasteiger partial charge < -0.3 is 11.6 Å². The third kappa shape index (κ3) is 18.4. The van der Waals surface area contributed by atoms with Crippen LogP contribution in [0.1, 0.15) is 33.7 Å². The monoisotopic (exact) mass is 650 g/mol. The third-order valence-corrected chi connectivity index (χ3v) is 7.86. The van der Waals surface area contributed by atoms with Gasteiger partial charge in [-0.3, -0.25) is 9.10 Å². The number of sulfone groups is 1. The van der Waals surface area contributed by atoms with Crippen LogP contribution in [0.15, 0.2) is 48.5 Å². The quantitative estimate of drug-likeness (QED) is 0.0796. The summed E-state index contributed by atoms with van der Waals surface area (Å²) in [6.45, 7) is 0.646. The van der Waals surface area contributed by atoms with E-state index in [2.05, 4.69) is 9.61 Å². The summed E-state index contributed by atoms with van der Waals surface area (Å²) in [7, 11) is -6.63. The van der Waals surface area contributed by atoms with Gasteiger partial charge in [-0.05, 0) is 55.2 Å². The Hall–Kier alpha value is 0.953. The van der Waals surface area contributed by atoms with Gasteiger partial charge in [0, 0.05) is 19.0 Å². The van der Waals surface area contributed by atoms with E-state index in [1.807, 2.05) is 0 Å². The van der Waals surface area contributed by atoms with Gasteiger partial charge in [0.1, 0.15) is 11.6 Å². The molecule has 0 spiro atoms. The zero-order valence-corrected chi connectivity index (χ0v) is 29.2. The Morgan fingerprint density at radius 2 is 1.68 bits per heavy atom. The number of hydrogen-bond donors (Lipinski definition) is 1. The van der Waals surface area contributed by atoms with Crippen LogP contribution in [0, 0.1) is 11.6 Å². The number of alkyl halides is 1. The molecule has 1 fully saturated rings. The second-order valence-electron chi connectivity index (χ2n) is 7.12. The molecule has 38 heavy (non-hydrogen) atoms. The minimum absolute atomic E-state index is 0. The Labute approximate surface area is 315 Å². The van der Waals surface area contributed by atoms with Gasteiger partial charge in [0.05, 0.1) is 17.2 Å². The predicted octanol–water partition coefficient (Wildman–Crippen LogP) is -3.18. The molecule has 2 aromatic carbocycles. The average Bonchev–Trinajstić information content (AvgIpc) is 2.79. The topological polar surface area (TPSA) is 133 Å². The number of unbranched alkanes of at least 4 members (excludes halogenated alkanes) is 1. The number of anilines is 1. The van der Waals surface area contributed by atoms with Crippen LogP contribution < -0.4 is 117 Å². The van der Waals surface area contributed by atoms with Crippen molar-refractivity contribution in [1.29, 1.82) is 0 Å². The molecular weight excluding hydrogens is 620 g/mol. The van der Waals surface area contributed by atoms with E-state index in [4.69, 9.17) is 21.7 Å². The Balaban J connectivity index is -0.000000253. The summed E-state index contributed by atoms with van der Waals surface area (Å²) in [5.74, 6) is -0.375. The molecule has 16 heteroatoms. The minimum Gasteiger partial charge on any atom is -1.00 e. The fourth-order valence-corrected chi connectivity index (χ4v) is 5.87. The molecule has 0 unspecified atom stereocenters. The number of carbonyl (C=O) groups is 1. The van der Waals surface area contributed by atoms with Crippen LogP contribution in [0.2, 0.25) is 0 Å². The first-order valence-electron chi connectivity index (χ1n) is 10.3. The molecule has 0 radical (unpaired) electrons. The molecule has 1 aliphatic heterocycles. The van der Waals surface area contributed by atoms with Crippen LogP contribution >= 0.6 is 11.6 Å². The molecule has 9 nitrogen and oxygen atoms in total. The summed E-state index contributed by atoms with van der Waals surface area (Å²) in [5.41, 5.74) is 0.855. The maximum Gasteiger partial charge on any atom is 1.00 e. The second kappa shape index (κ2) is 23.5. The van der Waals surface area contributed by atoms with Crippen molar-refractivity contribution in [2.75, 3.05) is 29.0 Å².